The minimum absolute atomic E-state index is 0.416. The van der Waals surface area contributed by atoms with Crippen molar-refractivity contribution >= 4 is 11.3 Å². The highest BCUT2D eigenvalue weighted by atomic mass is 32.1. The van der Waals surface area contributed by atoms with Crippen molar-refractivity contribution in [3.63, 3.8) is 0 Å². The molecule has 2 fully saturated rings. The number of nitrogens with zero attached hydrogens (tertiary/aromatic N) is 2. The van der Waals surface area contributed by atoms with E-state index in [0.717, 1.165) is 26.2 Å². The molecule has 0 bridgehead atoms. The first-order valence-corrected chi connectivity index (χ1v) is 8.82. The minimum atomic E-state index is 0.416. The van der Waals surface area contributed by atoms with E-state index < -0.39 is 0 Å². The van der Waals surface area contributed by atoms with Gasteiger partial charge in [0.25, 0.3) is 0 Å². The molecule has 0 radical (unpaired) electrons. The quantitative estimate of drug-likeness (QED) is 0.863. The van der Waals surface area contributed by atoms with Gasteiger partial charge < -0.3 is 9.30 Å². The first-order chi connectivity index (χ1) is 10.4. The van der Waals surface area contributed by atoms with Gasteiger partial charge in [0.1, 0.15) is 0 Å². The predicted octanol–water partition coefficient (Wildman–Crippen LogP) is 3.23. The summed E-state index contributed by atoms with van der Waals surface area (Å²) in [6.07, 6.45) is 7.31. The molecule has 0 N–H and O–H groups in total. The lowest BCUT2D eigenvalue weighted by Crippen LogP contribution is -2.50. The smallest absolute Gasteiger partial charge is 0.0776 e. The number of aromatic nitrogens is 1. The Kier molecular flexibility index (Phi) is 3.84. The van der Waals surface area contributed by atoms with E-state index in [2.05, 4.69) is 50.8 Å². The average Bonchev–Trinajstić information content (AvgIpc) is 3.22. The SMILES string of the molecule is c1ccn(C[C@@H]2CC[C@H]3[C@H]2OCCN3Cc2ccsc2)c1. The van der Waals surface area contributed by atoms with Gasteiger partial charge in [0.05, 0.1) is 12.7 Å². The van der Waals surface area contributed by atoms with Gasteiger partial charge in [0.15, 0.2) is 0 Å². The monoisotopic (exact) mass is 302 g/mol. The van der Waals surface area contributed by atoms with Gasteiger partial charge in [-0.1, -0.05) is 0 Å². The molecule has 0 unspecified atom stereocenters. The molecule has 21 heavy (non-hydrogen) atoms. The Morgan fingerprint density at radius 1 is 1.24 bits per heavy atom. The van der Waals surface area contributed by atoms with Crippen molar-refractivity contribution in [2.24, 2.45) is 5.92 Å². The van der Waals surface area contributed by atoms with Gasteiger partial charge in [-0.25, -0.2) is 0 Å². The van der Waals surface area contributed by atoms with Crippen LogP contribution in [0.15, 0.2) is 41.4 Å². The molecule has 3 nitrogen and oxygen atoms in total. The van der Waals surface area contributed by atoms with E-state index in [0.29, 0.717) is 18.1 Å². The summed E-state index contributed by atoms with van der Waals surface area (Å²) in [6, 6.07) is 7.08. The molecule has 112 valence electrons. The zero-order valence-electron chi connectivity index (χ0n) is 12.2. The second-order valence-corrected chi connectivity index (χ2v) is 7.00. The summed E-state index contributed by atoms with van der Waals surface area (Å²) in [4.78, 5) is 2.64. The average molecular weight is 302 g/mol. The molecule has 0 spiro atoms. The Morgan fingerprint density at radius 2 is 2.14 bits per heavy atom. The van der Waals surface area contributed by atoms with Crippen LogP contribution in [-0.4, -0.2) is 34.8 Å². The molecule has 1 saturated carbocycles. The highest BCUT2D eigenvalue weighted by Gasteiger charge is 2.42. The second-order valence-electron chi connectivity index (χ2n) is 6.22. The van der Waals surface area contributed by atoms with Gasteiger partial charge in [-0.05, 0) is 47.4 Å². The van der Waals surface area contributed by atoms with Crippen LogP contribution in [0.3, 0.4) is 0 Å². The Labute approximate surface area is 130 Å². The highest BCUT2D eigenvalue weighted by Crippen LogP contribution is 2.36. The summed E-state index contributed by atoms with van der Waals surface area (Å²) in [5.74, 6) is 0.660. The fourth-order valence-electron chi connectivity index (χ4n) is 3.91. The van der Waals surface area contributed by atoms with Gasteiger partial charge in [0.2, 0.25) is 0 Å². The maximum atomic E-state index is 6.16. The number of ether oxygens (including phenoxy) is 1. The molecule has 4 rings (SSSR count). The van der Waals surface area contributed by atoms with Crippen LogP contribution >= 0.6 is 11.3 Å². The van der Waals surface area contributed by atoms with Gasteiger partial charge >= 0.3 is 0 Å². The fourth-order valence-corrected chi connectivity index (χ4v) is 4.57. The Hall–Kier alpha value is -1.10. The third kappa shape index (κ3) is 2.80. The van der Waals surface area contributed by atoms with Crippen LogP contribution in [0.1, 0.15) is 18.4 Å². The molecule has 1 aliphatic carbocycles. The largest absolute Gasteiger partial charge is 0.375 e. The van der Waals surface area contributed by atoms with Crippen LogP contribution in [0.2, 0.25) is 0 Å². The molecule has 1 aliphatic heterocycles. The van der Waals surface area contributed by atoms with Crippen molar-refractivity contribution in [3.8, 4) is 0 Å². The number of morpholine rings is 1. The fraction of sp³-hybridized carbons (Fsp3) is 0.529. The van der Waals surface area contributed by atoms with E-state index >= 15 is 0 Å². The Balaban J connectivity index is 1.44. The summed E-state index contributed by atoms with van der Waals surface area (Å²) >= 11 is 1.80. The molecular weight excluding hydrogens is 280 g/mol. The lowest BCUT2D eigenvalue weighted by atomic mass is 10.0. The molecular formula is C17H22N2OS. The minimum Gasteiger partial charge on any atom is -0.375 e. The van der Waals surface area contributed by atoms with E-state index in [-0.39, 0.29) is 0 Å². The number of fused-ring (bicyclic) bond motifs is 1. The van der Waals surface area contributed by atoms with E-state index in [1.165, 1.54) is 18.4 Å². The standard InChI is InChI=1S/C17H22N2OS/c1-2-7-18(6-1)12-15-3-4-16-17(15)20-9-8-19(16)11-14-5-10-21-13-14/h1-2,5-7,10,13,15-17H,3-4,8-9,11-12H2/t15-,16-,17-/m0/s1. The molecule has 0 aromatic carbocycles. The Morgan fingerprint density at radius 3 is 2.95 bits per heavy atom. The van der Waals surface area contributed by atoms with E-state index in [4.69, 9.17) is 4.74 Å². The second kappa shape index (κ2) is 5.95. The van der Waals surface area contributed by atoms with Crippen molar-refractivity contribution in [1.29, 1.82) is 0 Å². The van der Waals surface area contributed by atoms with Crippen molar-refractivity contribution < 1.29 is 4.74 Å². The number of thiophene rings is 1. The van der Waals surface area contributed by atoms with Gasteiger partial charge in [-0.15, -0.1) is 0 Å². The molecule has 1 saturated heterocycles. The van der Waals surface area contributed by atoms with E-state index in [9.17, 15) is 0 Å². The summed E-state index contributed by atoms with van der Waals surface area (Å²) in [5, 5.41) is 4.45. The molecule has 3 atom stereocenters. The van der Waals surface area contributed by atoms with Gasteiger partial charge in [-0.2, -0.15) is 11.3 Å². The van der Waals surface area contributed by atoms with Crippen molar-refractivity contribution in [1.82, 2.24) is 9.47 Å². The maximum Gasteiger partial charge on any atom is 0.0776 e. The third-order valence-electron chi connectivity index (χ3n) is 4.91. The molecule has 2 aromatic heterocycles. The van der Waals surface area contributed by atoms with Crippen LogP contribution in [0, 0.1) is 5.92 Å². The number of hydrogen-bond acceptors (Lipinski definition) is 3. The molecule has 4 heteroatoms. The lowest BCUT2D eigenvalue weighted by Gasteiger charge is -2.39. The summed E-state index contributed by atoms with van der Waals surface area (Å²) in [7, 11) is 0. The number of rotatable bonds is 4. The predicted molar refractivity (Wildman–Crippen MR) is 85.4 cm³/mol. The van der Waals surface area contributed by atoms with E-state index in [1.54, 1.807) is 11.3 Å². The first kappa shape index (κ1) is 13.6. The van der Waals surface area contributed by atoms with Crippen LogP contribution in [0.5, 0.6) is 0 Å². The molecule has 3 heterocycles. The summed E-state index contributed by atoms with van der Waals surface area (Å²) in [5.41, 5.74) is 1.45. The summed E-state index contributed by atoms with van der Waals surface area (Å²) in [6.45, 7) is 4.14. The maximum absolute atomic E-state index is 6.16. The van der Waals surface area contributed by atoms with Gasteiger partial charge in [0, 0.05) is 44.0 Å². The third-order valence-corrected chi connectivity index (χ3v) is 5.64. The van der Waals surface area contributed by atoms with Gasteiger partial charge in [-0.3, -0.25) is 4.90 Å². The molecule has 2 aromatic rings. The number of hydrogen-bond donors (Lipinski definition) is 0. The highest BCUT2D eigenvalue weighted by molar-refractivity contribution is 7.07. The zero-order valence-corrected chi connectivity index (χ0v) is 13.0. The zero-order chi connectivity index (χ0) is 14.1. The Bertz CT molecular complexity index is 551. The van der Waals surface area contributed by atoms with E-state index in [1.807, 2.05) is 0 Å². The van der Waals surface area contributed by atoms with Crippen molar-refractivity contribution in [2.75, 3.05) is 13.2 Å². The normalized spacial score (nSPS) is 29.6. The van der Waals surface area contributed by atoms with Crippen LogP contribution < -0.4 is 0 Å². The topological polar surface area (TPSA) is 17.4 Å². The van der Waals surface area contributed by atoms with Crippen LogP contribution in [0.25, 0.3) is 0 Å². The first-order valence-electron chi connectivity index (χ1n) is 7.87. The van der Waals surface area contributed by atoms with Crippen LogP contribution in [-0.2, 0) is 17.8 Å². The lowest BCUT2D eigenvalue weighted by molar-refractivity contribution is -0.0785. The molecule has 0 amide bonds. The van der Waals surface area contributed by atoms with Crippen molar-refractivity contribution in [3.05, 3.63) is 46.9 Å². The summed E-state index contributed by atoms with van der Waals surface area (Å²) < 4.78 is 8.46. The van der Waals surface area contributed by atoms with Crippen molar-refractivity contribution in [2.45, 2.75) is 38.1 Å². The molecule has 2 aliphatic rings. The van der Waals surface area contributed by atoms with Crippen LogP contribution in [0.4, 0.5) is 0 Å².